The van der Waals surface area contributed by atoms with E-state index in [1.807, 2.05) is 24.3 Å². The Bertz CT molecular complexity index is 1090. The van der Waals surface area contributed by atoms with E-state index in [0.717, 1.165) is 10.9 Å². The second-order valence-corrected chi connectivity index (χ2v) is 8.76. The predicted octanol–water partition coefficient (Wildman–Crippen LogP) is 2.15. The Morgan fingerprint density at radius 1 is 0.929 bits per heavy atom. The number of rotatable bonds is 4. The molecule has 4 rings (SSSR count). The molecule has 1 aliphatic rings. The first kappa shape index (κ1) is 18.7. The molecule has 0 saturated carbocycles. The van der Waals surface area contributed by atoms with Crippen molar-refractivity contribution in [3.8, 4) is 11.5 Å². The lowest BCUT2D eigenvalue weighted by molar-refractivity contribution is 0.180. The number of aromatic nitrogens is 1. The highest BCUT2D eigenvalue weighted by molar-refractivity contribution is 7.89. The number of piperazine rings is 1. The fourth-order valence-corrected chi connectivity index (χ4v) is 4.86. The molecular formula is C20H21N3O4S. The van der Waals surface area contributed by atoms with Gasteiger partial charge >= 0.3 is 0 Å². The van der Waals surface area contributed by atoms with Gasteiger partial charge in [0.05, 0.1) is 4.90 Å². The van der Waals surface area contributed by atoms with Gasteiger partial charge in [-0.3, -0.25) is 9.88 Å². The van der Waals surface area contributed by atoms with Crippen LogP contribution in [0.4, 0.5) is 0 Å². The van der Waals surface area contributed by atoms with Gasteiger partial charge in [0.15, 0.2) is 0 Å². The number of phenols is 2. The molecule has 0 amide bonds. The van der Waals surface area contributed by atoms with Gasteiger partial charge in [0.2, 0.25) is 10.0 Å². The first-order valence-electron chi connectivity index (χ1n) is 9.02. The second kappa shape index (κ2) is 7.38. The summed E-state index contributed by atoms with van der Waals surface area (Å²) in [5.41, 5.74) is 1.36. The minimum Gasteiger partial charge on any atom is -0.508 e. The summed E-state index contributed by atoms with van der Waals surface area (Å²) in [6.07, 6.45) is 1.65. The van der Waals surface area contributed by atoms with Crippen molar-refractivity contribution >= 4 is 20.9 Å². The highest BCUT2D eigenvalue weighted by Crippen LogP contribution is 2.28. The highest BCUT2D eigenvalue weighted by atomic mass is 32.2. The Kier molecular flexibility index (Phi) is 4.92. The molecule has 0 bridgehead atoms. The summed E-state index contributed by atoms with van der Waals surface area (Å²) >= 11 is 0. The van der Waals surface area contributed by atoms with E-state index < -0.39 is 10.0 Å². The fraction of sp³-hybridized carbons (Fsp3) is 0.250. The monoisotopic (exact) mass is 399 g/mol. The molecule has 1 aliphatic heterocycles. The van der Waals surface area contributed by atoms with Crippen LogP contribution in [0.15, 0.2) is 59.6 Å². The average Bonchev–Trinajstić information content (AvgIpc) is 2.71. The summed E-state index contributed by atoms with van der Waals surface area (Å²) in [5, 5.41) is 20.8. The molecule has 3 aromatic rings. The first-order chi connectivity index (χ1) is 13.4. The lowest BCUT2D eigenvalue weighted by Gasteiger charge is -2.34. The molecule has 8 heteroatoms. The molecule has 2 heterocycles. The van der Waals surface area contributed by atoms with Crippen molar-refractivity contribution in [2.45, 2.75) is 11.4 Å². The second-order valence-electron chi connectivity index (χ2n) is 6.82. The summed E-state index contributed by atoms with van der Waals surface area (Å²) in [5.74, 6) is 0.214. The number of hydrogen-bond donors (Lipinski definition) is 2. The minimum absolute atomic E-state index is 0.0356. The normalized spacial score (nSPS) is 16.4. The summed E-state index contributed by atoms with van der Waals surface area (Å²) in [4.78, 5) is 6.54. The number of nitrogens with zero attached hydrogens (tertiary/aromatic N) is 3. The van der Waals surface area contributed by atoms with Gasteiger partial charge in [0.1, 0.15) is 17.0 Å². The van der Waals surface area contributed by atoms with Crippen LogP contribution in [-0.4, -0.2) is 59.0 Å². The highest BCUT2D eigenvalue weighted by Gasteiger charge is 2.28. The van der Waals surface area contributed by atoms with Crippen molar-refractivity contribution in [3.63, 3.8) is 0 Å². The number of hydrogen-bond acceptors (Lipinski definition) is 6. The molecule has 7 nitrogen and oxygen atoms in total. The van der Waals surface area contributed by atoms with Crippen LogP contribution < -0.4 is 0 Å². The maximum atomic E-state index is 12.7. The van der Waals surface area contributed by atoms with E-state index in [1.165, 1.54) is 28.6 Å². The van der Waals surface area contributed by atoms with Crippen molar-refractivity contribution in [1.82, 2.24) is 14.2 Å². The van der Waals surface area contributed by atoms with Crippen LogP contribution in [0.3, 0.4) is 0 Å². The van der Waals surface area contributed by atoms with Gasteiger partial charge in [-0.2, -0.15) is 4.31 Å². The molecule has 2 N–H and O–H groups in total. The summed E-state index contributed by atoms with van der Waals surface area (Å²) < 4.78 is 26.9. The average molecular weight is 399 g/mol. The van der Waals surface area contributed by atoms with Gasteiger partial charge in [0.25, 0.3) is 0 Å². The van der Waals surface area contributed by atoms with Crippen LogP contribution in [0.5, 0.6) is 11.5 Å². The molecule has 1 aromatic heterocycles. The van der Waals surface area contributed by atoms with Gasteiger partial charge in [-0.05, 0) is 30.3 Å². The third-order valence-corrected chi connectivity index (χ3v) is 6.94. The summed E-state index contributed by atoms with van der Waals surface area (Å²) in [7, 11) is -3.58. The third kappa shape index (κ3) is 3.54. The standard InChI is InChI=1S/C20H21N3O4S/c24-17-5-7-18(8-6-17)28(26,27)23-12-10-22(11-13-23)14-16-4-3-15-2-1-9-21-19(15)20(16)25/h1-9,24-25H,10-14H2. The largest absolute Gasteiger partial charge is 0.508 e. The van der Waals surface area contributed by atoms with Crippen molar-refractivity contribution in [2.75, 3.05) is 26.2 Å². The van der Waals surface area contributed by atoms with Gasteiger partial charge in [0, 0.05) is 49.9 Å². The number of pyridine rings is 1. The molecule has 0 unspecified atom stereocenters. The zero-order valence-corrected chi connectivity index (χ0v) is 16.0. The van der Waals surface area contributed by atoms with Gasteiger partial charge in [-0.25, -0.2) is 8.42 Å². The maximum Gasteiger partial charge on any atom is 0.243 e. The SMILES string of the molecule is O=S(=O)(c1ccc(O)cc1)N1CCN(Cc2ccc3cccnc3c2O)CC1. The number of sulfonamides is 1. The zero-order valence-electron chi connectivity index (χ0n) is 15.2. The molecule has 28 heavy (non-hydrogen) atoms. The predicted molar refractivity (Wildman–Crippen MR) is 106 cm³/mol. The lowest BCUT2D eigenvalue weighted by Crippen LogP contribution is -2.48. The topological polar surface area (TPSA) is 94.0 Å². The number of benzene rings is 2. The van der Waals surface area contributed by atoms with E-state index in [-0.39, 0.29) is 16.4 Å². The molecule has 0 radical (unpaired) electrons. The molecule has 0 spiro atoms. The van der Waals surface area contributed by atoms with Crippen molar-refractivity contribution < 1.29 is 18.6 Å². The van der Waals surface area contributed by atoms with Crippen molar-refractivity contribution in [3.05, 3.63) is 60.3 Å². The number of fused-ring (bicyclic) bond motifs is 1. The smallest absolute Gasteiger partial charge is 0.243 e. The maximum absolute atomic E-state index is 12.7. The van der Waals surface area contributed by atoms with E-state index in [0.29, 0.717) is 38.2 Å². The molecule has 0 aliphatic carbocycles. The molecule has 2 aromatic carbocycles. The van der Waals surface area contributed by atoms with Crippen LogP contribution in [0.1, 0.15) is 5.56 Å². The molecule has 0 atom stereocenters. The Labute approximate surface area is 163 Å². The van der Waals surface area contributed by atoms with Crippen LogP contribution in [0.2, 0.25) is 0 Å². The van der Waals surface area contributed by atoms with Gasteiger partial charge in [-0.1, -0.05) is 18.2 Å². The number of aromatic hydroxyl groups is 2. The van der Waals surface area contributed by atoms with E-state index >= 15 is 0 Å². The van der Waals surface area contributed by atoms with Crippen molar-refractivity contribution in [1.29, 1.82) is 0 Å². The molecule has 1 saturated heterocycles. The van der Waals surface area contributed by atoms with Crippen LogP contribution in [0, 0.1) is 0 Å². The van der Waals surface area contributed by atoms with Crippen LogP contribution in [-0.2, 0) is 16.6 Å². The van der Waals surface area contributed by atoms with Gasteiger partial charge in [-0.15, -0.1) is 0 Å². The summed E-state index contributed by atoms with van der Waals surface area (Å²) in [6.45, 7) is 2.41. The Hall–Kier alpha value is -2.68. The lowest BCUT2D eigenvalue weighted by atomic mass is 10.1. The minimum atomic E-state index is -3.58. The molecule has 1 fully saturated rings. The van der Waals surface area contributed by atoms with Crippen molar-refractivity contribution in [2.24, 2.45) is 0 Å². The Morgan fingerprint density at radius 2 is 1.64 bits per heavy atom. The van der Waals surface area contributed by atoms with E-state index in [9.17, 15) is 18.6 Å². The van der Waals surface area contributed by atoms with E-state index in [2.05, 4.69) is 9.88 Å². The molecule has 146 valence electrons. The zero-order chi connectivity index (χ0) is 19.7. The first-order valence-corrected chi connectivity index (χ1v) is 10.5. The van der Waals surface area contributed by atoms with Crippen LogP contribution in [0.25, 0.3) is 10.9 Å². The Morgan fingerprint density at radius 3 is 2.36 bits per heavy atom. The fourth-order valence-electron chi connectivity index (χ4n) is 3.44. The summed E-state index contributed by atoms with van der Waals surface area (Å²) in [6, 6.07) is 13.1. The number of phenolic OH excluding ortho intramolecular Hbond substituents is 2. The third-order valence-electron chi connectivity index (χ3n) is 5.03. The van der Waals surface area contributed by atoms with E-state index in [4.69, 9.17) is 0 Å². The quantitative estimate of drug-likeness (QED) is 0.698. The Balaban J connectivity index is 1.45. The van der Waals surface area contributed by atoms with Crippen LogP contribution >= 0.6 is 0 Å². The van der Waals surface area contributed by atoms with Gasteiger partial charge < -0.3 is 10.2 Å². The van der Waals surface area contributed by atoms with E-state index in [1.54, 1.807) is 6.20 Å². The molecular weight excluding hydrogens is 378 g/mol.